The summed E-state index contributed by atoms with van der Waals surface area (Å²) in [4.78, 5) is 6.98. The van der Waals surface area contributed by atoms with E-state index in [2.05, 4.69) is 4.90 Å². The molecule has 164 valence electrons. The van der Waals surface area contributed by atoms with Gasteiger partial charge in [-0.3, -0.25) is 0 Å². The van der Waals surface area contributed by atoms with Crippen molar-refractivity contribution >= 4 is 72.7 Å². The van der Waals surface area contributed by atoms with Crippen LogP contribution in [0.5, 0.6) is 0 Å². The van der Waals surface area contributed by atoms with Gasteiger partial charge in [0.25, 0.3) is 0 Å². The molecule has 2 heterocycles. The zero-order chi connectivity index (χ0) is 22.2. The maximum atomic E-state index is 13.1. The molecule has 1 aliphatic rings. The van der Waals surface area contributed by atoms with Crippen LogP contribution in [-0.4, -0.2) is 31.7 Å². The minimum atomic E-state index is -3.55. The van der Waals surface area contributed by atoms with Gasteiger partial charge in [-0.2, -0.15) is 0 Å². The monoisotopic (exact) mass is 534 g/mol. The highest BCUT2D eigenvalue weighted by atomic mass is 35.5. The van der Waals surface area contributed by atoms with E-state index in [-0.39, 0.29) is 9.92 Å². The number of anilines is 1. The average molecular weight is 536 g/mol. The number of sulfone groups is 1. The number of nitrogens with zero attached hydrogens (tertiary/aromatic N) is 2. The van der Waals surface area contributed by atoms with E-state index < -0.39 is 15.1 Å². The summed E-state index contributed by atoms with van der Waals surface area (Å²) < 4.78 is 26.1. The molecule has 1 saturated heterocycles. The Labute approximate surface area is 205 Å². The van der Waals surface area contributed by atoms with Crippen molar-refractivity contribution in [2.75, 3.05) is 18.0 Å². The van der Waals surface area contributed by atoms with Crippen LogP contribution < -0.4 is 4.90 Å². The molecule has 4 rings (SSSR count). The minimum Gasteiger partial charge on any atom is -0.348 e. The van der Waals surface area contributed by atoms with Crippen LogP contribution >= 0.6 is 57.7 Å². The van der Waals surface area contributed by atoms with Gasteiger partial charge >= 0.3 is 0 Å². The molecular weight excluding hydrogens is 518 g/mol. The highest BCUT2D eigenvalue weighted by Crippen LogP contribution is 2.33. The third-order valence-electron chi connectivity index (χ3n) is 5.26. The number of aromatic nitrogens is 1. The van der Waals surface area contributed by atoms with Crippen LogP contribution in [0.25, 0.3) is 0 Å². The van der Waals surface area contributed by atoms with Gasteiger partial charge in [0.05, 0.1) is 30.9 Å². The Balaban J connectivity index is 1.42. The Kier molecular flexibility index (Phi) is 7.06. The zero-order valence-electron chi connectivity index (χ0n) is 16.2. The van der Waals surface area contributed by atoms with Crippen molar-refractivity contribution in [3.63, 3.8) is 0 Å². The number of piperidine rings is 1. The van der Waals surface area contributed by atoms with Crippen molar-refractivity contribution in [1.29, 1.82) is 0 Å². The van der Waals surface area contributed by atoms with Crippen molar-refractivity contribution < 1.29 is 8.42 Å². The summed E-state index contributed by atoms with van der Waals surface area (Å²) in [5.74, 6) is 0. The molecule has 10 heteroatoms. The summed E-state index contributed by atoms with van der Waals surface area (Å²) >= 11 is 25.8. The van der Waals surface area contributed by atoms with Gasteiger partial charge in [0.2, 0.25) is 0 Å². The smallest absolute Gasteiger partial charge is 0.185 e. The highest BCUT2D eigenvalue weighted by molar-refractivity contribution is 7.92. The first kappa shape index (κ1) is 23.1. The lowest BCUT2D eigenvalue weighted by Gasteiger charge is -2.31. The summed E-state index contributed by atoms with van der Waals surface area (Å²) in [6, 6.07) is 10.1. The summed E-state index contributed by atoms with van der Waals surface area (Å²) in [6.07, 6.45) is 1.67. The maximum Gasteiger partial charge on any atom is 0.185 e. The SMILES string of the molecule is O=S(=O)(c1cc(Cl)ccc1Cl)C1CCN(c2nc(Cc3ccc(Cl)c(Cl)c3)cs2)CC1. The van der Waals surface area contributed by atoms with Crippen molar-refractivity contribution in [2.24, 2.45) is 0 Å². The van der Waals surface area contributed by atoms with Gasteiger partial charge < -0.3 is 4.90 Å². The third-order valence-corrected chi connectivity index (χ3v) is 9.93. The van der Waals surface area contributed by atoms with Crippen LogP contribution in [0.15, 0.2) is 46.7 Å². The first-order chi connectivity index (χ1) is 14.7. The number of halogens is 4. The van der Waals surface area contributed by atoms with E-state index in [1.54, 1.807) is 23.5 Å². The summed E-state index contributed by atoms with van der Waals surface area (Å²) in [5, 5.41) is 4.05. The van der Waals surface area contributed by atoms with E-state index in [1.807, 2.05) is 17.5 Å². The topological polar surface area (TPSA) is 50.3 Å². The summed E-state index contributed by atoms with van der Waals surface area (Å²) in [5.41, 5.74) is 1.98. The van der Waals surface area contributed by atoms with Crippen molar-refractivity contribution in [3.8, 4) is 0 Å². The highest BCUT2D eigenvalue weighted by Gasteiger charge is 2.33. The van der Waals surface area contributed by atoms with E-state index in [1.165, 1.54) is 12.1 Å². The van der Waals surface area contributed by atoms with Gasteiger partial charge in [-0.1, -0.05) is 52.5 Å². The quantitative estimate of drug-likeness (QED) is 0.361. The van der Waals surface area contributed by atoms with Gasteiger partial charge in [-0.15, -0.1) is 11.3 Å². The van der Waals surface area contributed by atoms with Crippen molar-refractivity contribution in [1.82, 2.24) is 4.98 Å². The normalized spacial score (nSPS) is 15.4. The summed E-state index contributed by atoms with van der Waals surface area (Å²) in [7, 11) is -3.55. The van der Waals surface area contributed by atoms with Crippen molar-refractivity contribution in [2.45, 2.75) is 29.4 Å². The molecule has 4 nitrogen and oxygen atoms in total. The lowest BCUT2D eigenvalue weighted by Crippen LogP contribution is -2.39. The maximum absolute atomic E-state index is 13.1. The fourth-order valence-corrected chi connectivity index (χ4v) is 7.31. The molecule has 0 unspecified atom stereocenters. The Morgan fingerprint density at radius 1 is 0.968 bits per heavy atom. The van der Waals surface area contributed by atoms with Gasteiger partial charge in [-0.25, -0.2) is 13.4 Å². The van der Waals surface area contributed by atoms with Gasteiger partial charge in [-0.05, 0) is 48.7 Å². The van der Waals surface area contributed by atoms with Gasteiger partial charge in [0.1, 0.15) is 0 Å². The van der Waals surface area contributed by atoms with E-state index in [9.17, 15) is 8.42 Å². The molecule has 0 spiro atoms. The fraction of sp³-hybridized carbons (Fsp3) is 0.286. The second kappa shape index (κ2) is 9.46. The third kappa shape index (κ3) is 5.15. The molecule has 0 atom stereocenters. The number of benzene rings is 2. The van der Waals surface area contributed by atoms with Gasteiger partial charge in [0, 0.05) is 29.9 Å². The Hall–Kier alpha value is -1.02. The first-order valence-corrected chi connectivity index (χ1v) is 13.5. The lowest BCUT2D eigenvalue weighted by atomic mass is 10.1. The van der Waals surface area contributed by atoms with Gasteiger partial charge in [0.15, 0.2) is 15.0 Å². The summed E-state index contributed by atoms with van der Waals surface area (Å²) in [6.45, 7) is 1.23. The van der Waals surface area contributed by atoms with E-state index >= 15 is 0 Å². The van der Waals surface area contributed by atoms with E-state index in [4.69, 9.17) is 51.4 Å². The minimum absolute atomic E-state index is 0.110. The standard InChI is InChI=1S/C21H18Cl4N2O2S2/c22-14-2-4-18(24)20(11-14)31(28,29)16-5-7-27(8-6-16)21-26-15(12-30-21)9-13-1-3-17(23)19(25)10-13/h1-4,10-12,16H,5-9H2. The fourth-order valence-electron chi connectivity index (χ4n) is 3.61. The Morgan fingerprint density at radius 3 is 2.39 bits per heavy atom. The second-order valence-electron chi connectivity index (χ2n) is 7.35. The van der Waals surface area contributed by atoms with Crippen LogP contribution in [0, 0.1) is 0 Å². The molecule has 3 aromatic rings. The van der Waals surface area contributed by atoms with Crippen LogP contribution in [0.2, 0.25) is 20.1 Å². The van der Waals surface area contributed by atoms with Crippen LogP contribution in [0.1, 0.15) is 24.1 Å². The molecule has 0 amide bonds. The molecule has 1 aliphatic heterocycles. The first-order valence-electron chi connectivity index (χ1n) is 9.56. The van der Waals surface area contributed by atoms with E-state index in [0.29, 0.717) is 47.4 Å². The average Bonchev–Trinajstić information content (AvgIpc) is 3.21. The number of rotatable bonds is 5. The Morgan fingerprint density at radius 2 is 1.68 bits per heavy atom. The molecule has 31 heavy (non-hydrogen) atoms. The molecule has 0 N–H and O–H groups in total. The van der Waals surface area contributed by atoms with E-state index in [0.717, 1.165) is 16.4 Å². The molecule has 0 bridgehead atoms. The zero-order valence-corrected chi connectivity index (χ0v) is 20.9. The van der Waals surface area contributed by atoms with Crippen molar-refractivity contribution in [3.05, 3.63) is 73.1 Å². The Bertz CT molecular complexity index is 1210. The molecule has 0 saturated carbocycles. The van der Waals surface area contributed by atoms with Crippen LogP contribution in [0.3, 0.4) is 0 Å². The second-order valence-corrected chi connectivity index (χ2v) is 12.0. The van der Waals surface area contributed by atoms with Crippen LogP contribution in [0.4, 0.5) is 5.13 Å². The predicted octanol–water partition coefficient (Wildman–Crippen LogP) is 6.79. The number of thiazole rings is 1. The molecule has 1 fully saturated rings. The van der Waals surface area contributed by atoms with Crippen LogP contribution in [-0.2, 0) is 16.3 Å². The molecule has 1 aromatic heterocycles. The number of hydrogen-bond acceptors (Lipinski definition) is 5. The lowest BCUT2D eigenvalue weighted by molar-refractivity contribution is 0.529. The largest absolute Gasteiger partial charge is 0.348 e. The molecule has 0 aliphatic carbocycles. The predicted molar refractivity (Wildman–Crippen MR) is 130 cm³/mol. The number of hydrogen-bond donors (Lipinski definition) is 0. The molecular formula is C21H18Cl4N2O2S2. The molecule has 0 radical (unpaired) electrons. The molecule has 2 aromatic carbocycles.